The highest BCUT2D eigenvalue weighted by Gasteiger charge is 2.28. The molecular weight excluding hydrogens is 196 g/mol. The molecule has 1 aliphatic heterocycles. The van der Waals surface area contributed by atoms with Gasteiger partial charge >= 0.3 is 0 Å². The Morgan fingerprint density at radius 1 is 1.53 bits per heavy atom. The summed E-state index contributed by atoms with van der Waals surface area (Å²) in [7, 11) is 0. The van der Waals surface area contributed by atoms with Crippen LogP contribution in [0.3, 0.4) is 0 Å². The molecule has 5 nitrogen and oxygen atoms in total. The van der Waals surface area contributed by atoms with Crippen molar-refractivity contribution in [3.05, 3.63) is 34.4 Å². The molecular formula is C10H10N2O3. The molecule has 0 bridgehead atoms. The van der Waals surface area contributed by atoms with E-state index in [0.29, 0.717) is 0 Å². The van der Waals surface area contributed by atoms with Crippen LogP contribution in [0.15, 0.2) is 24.3 Å². The number of anilines is 1. The molecule has 1 atom stereocenters. The van der Waals surface area contributed by atoms with Crippen molar-refractivity contribution in [2.24, 2.45) is 0 Å². The molecule has 1 saturated heterocycles. The zero-order valence-electron chi connectivity index (χ0n) is 8.00. The van der Waals surface area contributed by atoms with E-state index in [9.17, 15) is 14.9 Å². The van der Waals surface area contributed by atoms with Gasteiger partial charge in [-0.3, -0.25) is 10.1 Å². The third-order valence-corrected chi connectivity index (χ3v) is 2.60. The van der Waals surface area contributed by atoms with Crippen LogP contribution in [0.5, 0.6) is 0 Å². The number of nitrogens with zero attached hydrogens (tertiary/aromatic N) is 2. The Balaban J connectivity index is 2.25. The van der Waals surface area contributed by atoms with E-state index in [-0.39, 0.29) is 11.7 Å². The van der Waals surface area contributed by atoms with E-state index in [4.69, 9.17) is 0 Å². The van der Waals surface area contributed by atoms with E-state index in [1.165, 1.54) is 12.1 Å². The molecule has 0 aromatic heterocycles. The summed E-state index contributed by atoms with van der Waals surface area (Å²) in [6.45, 7) is 0.782. The highest BCUT2D eigenvalue weighted by atomic mass is 16.6. The van der Waals surface area contributed by atoms with Crippen molar-refractivity contribution in [2.75, 3.05) is 11.4 Å². The molecule has 1 heterocycles. The molecule has 2 rings (SSSR count). The molecule has 1 aromatic carbocycles. The van der Waals surface area contributed by atoms with Crippen LogP contribution in [0.1, 0.15) is 6.42 Å². The number of carbonyl (C=O) groups excluding carboxylic acids is 1. The molecule has 0 spiro atoms. The standard InChI is InChI=1S/C10H10N2O3/c13-7-10-4-5-11(10)8-2-1-3-9(6-8)12(14)15/h1-3,6-7,10H,4-5H2. The Kier molecular flexibility index (Phi) is 2.37. The zero-order valence-corrected chi connectivity index (χ0v) is 8.00. The zero-order chi connectivity index (χ0) is 10.8. The molecule has 1 aromatic rings. The molecule has 1 aliphatic rings. The maximum Gasteiger partial charge on any atom is 0.271 e. The fourth-order valence-corrected chi connectivity index (χ4v) is 1.65. The molecule has 0 aliphatic carbocycles. The van der Waals surface area contributed by atoms with Gasteiger partial charge in [0, 0.05) is 24.4 Å². The summed E-state index contributed by atoms with van der Waals surface area (Å²) in [6.07, 6.45) is 1.70. The van der Waals surface area contributed by atoms with Crippen molar-refractivity contribution in [1.82, 2.24) is 0 Å². The second-order valence-corrected chi connectivity index (χ2v) is 3.46. The van der Waals surface area contributed by atoms with Crippen LogP contribution in [-0.4, -0.2) is 23.8 Å². The molecule has 1 fully saturated rings. The molecule has 0 N–H and O–H groups in total. The van der Waals surface area contributed by atoms with E-state index < -0.39 is 4.92 Å². The SMILES string of the molecule is O=CC1CCN1c1cccc([N+](=O)[O-])c1. The Morgan fingerprint density at radius 2 is 2.33 bits per heavy atom. The summed E-state index contributed by atoms with van der Waals surface area (Å²) in [5.41, 5.74) is 0.802. The third kappa shape index (κ3) is 1.68. The number of non-ortho nitro benzene ring substituents is 1. The van der Waals surface area contributed by atoms with Crippen molar-refractivity contribution in [1.29, 1.82) is 0 Å². The Morgan fingerprint density at radius 3 is 2.87 bits per heavy atom. The fourth-order valence-electron chi connectivity index (χ4n) is 1.65. The second-order valence-electron chi connectivity index (χ2n) is 3.46. The largest absolute Gasteiger partial charge is 0.361 e. The number of nitro benzene ring substituents is 1. The average Bonchev–Trinajstić information content (AvgIpc) is 2.17. The molecule has 1 unspecified atom stereocenters. The summed E-state index contributed by atoms with van der Waals surface area (Å²) in [5, 5.41) is 10.6. The lowest BCUT2D eigenvalue weighted by molar-refractivity contribution is -0.384. The lowest BCUT2D eigenvalue weighted by Crippen LogP contribution is -2.48. The predicted molar refractivity (Wildman–Crippen MR) is 54.9 cm³/mol. The fraction of sp³-hybridized carbons (Fsp3) is 0.300. The van der Waals surface area contributed by atoms with Gasteiger partial charge in [0.15, 0.2) is 0 Å². The summed E-state index contributed by atoms with van der Waals surface area (Å²) in [6, 6.07) is 6.23. The quantitative estimate of drug-likeness (QED) is 0.425. The van der Waals surface area contributed by atoms with Crippen molar-refractivity contribution < 1.29 is 9.72 Å². The lowest BCUT2D eigenvalue weighted by Gasteiger charge is -2.39. The van der Waals surface area contributed by atoms with Gasteiger partial charge in [0.05, 0.1) is 11.0 Å². The van der Waals surface area contributed by atoms with E-state index >= 15 is 0 Å². The van der Waals surface area contributed by atoms with E-state index in [2.05, 4.69) is 0 Å². The summed E-state index contributed by atoms with van der Waals surface area (Å²) >= 11 is 0. The van der Waals surface area contributed by atoms with E-state index in [0.717, 1.165) is 24.9 Å². The Labute approximate surface area is 86.5 Å². The summed E-state index contributed by atoms with van der Waals surface area (Å²) in [5.74, 6) is 0. The topological polar surface area (TPSA) is 63.5 Å². The third-order valence-electron chi connectivity index (χ3n) is 2.60. The van der Waals surface area contributed by atoms with Gasteiger partial charge in [0.2, 0.25) is 0 Å². The van der Waals surface area contributed by atoms with Crippen molar-refractivity contribution in [3.63, 3.8) is 0 Å². The Hall–Kier alpha value is -1.91. The number of aldehydes is 1. The van der Waals surface area contributed by atoms with Crippen LogP contribution < -0.4 is 4.90 Å². The van der Waals surface area contributed by atoms with Gasteiger partial charge in [-0.15, -0.1) is 0 Å². The van der Waals surface area contributed by atoms with Crippen LogP contribution in [0.2, 0.25) is 0 Å². The van der Waals surface area contributed by atoms with Crippen LogP contribution in [0.25, 0.3) is 0 Å². The predicted octanol–water partition coefficient (Wildman–Crippen LogP) is 1.37. The van der Waals surface area contributed by atoms with Gasteiger partial charge in [-0.05, 0) is 12.5 Å². The monoisotopic (exact) mass is 206 g/mol. The minimum atomic E-state index is -0.431. The smallest absolute Gasteiger partial charge is 0.271 e. The summed E-state index contributed by atoms with van der Waals surface area (Å²) < 4.78 is 0. The number of benzene rings is 1. The first-order valence-corrected chi connectivity index (χ1v) is 4.69. The van der Waals surface area contributed by atoms with Crippen LogP contribution in [0.4, 0.5) is 11.4 Å². The van der Waals surface area contributed by atoms with Crippen LogP contribution in [-0.2, 0) is 4.79 Å². The number of carbonyl (C=O) groups is 1. The normalized spacial score (nSPS) is 19.5. The Bertz CT molecular complexity index is 405. The lowest BCUT2D eigenvalue weighted by atomic mass is 10.0. The first kappa shape index (κ1) is 9.64. The number of nitro groups is 1. The molecule has 0 amide bonds. The van der Waals surface area contributed by atoms with Gasteiger partial charge in [-0.1, -0.05) is 6.07 Å². The van der Waals surface area contributed by atoms with Crippen molar-refractivity contribution in [2.45, 2.75) is 12.5 Å². The van der Waals surface area contributed by atoms with E-state index in [1.807, 2.05) is 4.90 Å². The van der Waals surface area contributed by atoms with Gasteiger partial charge in [-0.2, -0.15) is 0 Å². The minimum absolute atomic E-state index is 0.0593. The van der Waals surface area contributed by atoms with Crippen molar-refractivity contribution >= 4 is 17.7 Å². The van der Waals surface area contributed by atoms with E-state index in [1.54, 1.807) is 12.1 Å². The molecule has 0 radical (unpaired) electrons. The second kappa shape index (κ2) is 3.68. The van der Waals surface area contributed by atoms with Gasteiger partial charge in [0.25, 0.3) is 5.69 Å². The van der Waals surface area contributed by atoms with Crippen LogP contribution >= 0.6 is 0 Å². The molecule has 5 heteroatoms. The maximum atomic E-state index is 10.6. The first-order valence-electron chi connectivity index (χ1n) is 4.69. The average molecular weight is 206 g/mol. The molecule has 78 valence electrons. The highest BCUT2D eigenvalue weighted by molar-refractivity contribution is 5.70. The van der Waals surface area contributed by atoms with Gasteiger partial charge < -0.3 is 9.69 Å². The highest BCUT2D eigenvalue weighted by Crippen LogP contribution is 2.28. The summed E-state index contributed by atoms with van der Waals surface area (Å²) in [4.78, 5) is 22.6. The number of rotatable bonds is 3. The van der Waals surface area contributed by atoms with Crippen LogP contribution in [0, 0.1) is 10.1 Å². The maximum absolute atomic E-state index is 10.6. The number of hydrogen-bond acceptors (Lipinski definition) is 4. The minimum Gasteiger partial charge on any atom is -0.361 e. The molecule has 15 heavy (non-hydrogen) atoms. The van der Waals surface area contributed by atoms with Gasteiger partial charge in [-0.25, -0.2) is 0 Å². The first-order chi connectivity index (χ1) is 7.22. The van der Waals surface area contributed by atoms with Crippen molar-refractivity contribution in [3.8, 4) is 0 Å². The molecule has 0 saturated carbocycles. The number of hydrogen-bond donors (Lipinski definition) is 0. The van der Waals surface area contributed by atoms with Gasteiger partial charge in [0.1, 0.15) is 6.29 Å².